The second-order valence-corrected chi connectivity index (χ2v) is 13.7. The minimum absolute atomic E-state index is 0.00745. The molecular formula is C32H40Cl2N4O7. The molecule has 13 heteroatoms. The maximum Gasteiger partial charge on any atom is 0.329 e. The van der Waals surface area contributed by atoms with Gasteiger partial charge in [0.1, 0.15) is 18.2 Å². The highest BCUT2D eigenvalue weighted by atomic mass is 35.5. The first-order chi connectivity index (χ1) is 20.8. The average molecular weight is 664 g/mol. The molecule has 2 N–H and O–H groups in total. The number of rotatable bonds is 12. The van der Waals surface area contributed by atoms with Gasteiger partial charge in [-0.3, -0.25) is 14.6 Å². The SMILES string of the molecule is Cn1ncc(OCC(C)(C)OCC(C)(C)O)c(-c2ccc(CC(NC(=O)c3c(Cl)cncc3Cl)C(=O)OC(C)(C)C)cc2)c1=O. The molecule has 244 valence electrons. The number of aliphatic hydroxyl groups is 1. The van der Waals surface area contributed by atoms with Gasteiger partial charge in [-0.25, -0.2) is 9.48 Å². The summed E-state index contributed by atoms with van der Waals surface area (Å²) in [6.07, 6.45) is 4.11. The summed E-state index contributed by atoms with van der Waals surface area (Å²) in [7, 11) is 1.54. The van der Waals surface area contributed by atoms with E-state index in [2.05, 4.69) is 15.4 Å². The van der Waals surface area contributed by atoms with Gasteiger partial charge in [0.15, 0.2) is 5.75 Å². The molecule has 1 amide bonds. The molecule has 0 aliphatic heterocycles. The van der Waals surface area contributed by atoms with Crippen LogP contribution in [0.2, 0.25) is 10.0 Å². The topological polar surface area (TPSA) is 142 Å². The van der Waals surface area contributed by atoms with Crippen molar-refractivity contribution in [1.29, 1.82) is 0 Å². The van der Waals surface area contributed by atoms with Gasteiger partial charge in [0, 0.05) is 25.9 Å². The predicted molar refractivity (Wildman–Crippen MR) is 172 cm³/mol. The molecule has 2 heterocycles. The van der Waals surface area contributed by atoms with Gasteiger partial charge < -0.3 is 24.6 Å². The number of aryl methyl sites for hydroxylation is 1. The number of esters is 1. The van der Waals surface area contributed by atoms with Gasteiger partial charge in [-0.05, 0) is 59.6 Å². The fourth-order valence-corrected chi connectivity index (χ4v) is 4.57. The number of carbonyl (C=O) groups excluding carboxylic acids is 2. The number of benzene rings is 1. The van der Waals surface area contributed by atoms with Gasteiger partial charge in [-0.15, -0.1) is 0 Å². The van der Waals surface area contributed by atoms with Crippen molar-refractivity contribution < 1.29 is 28.9 Å². The highest BCUT2D eigenvalue weighted by Crippen LogP contribution is 2.28. The number of nitrogens with zero attached hydrogens (tertiary/aromatic N) is 3. The Labute approximate surface area is 272 Å². The summed E-state index contributed by atoms with van der Waals surface area (Å²) in [5, 5.41) is 16.9. The Morgan fingerprint density at radius 2 is 1.58 bits per heavy atom. The van der Waals surface area contributed by atoms with Crippen molar-refractivity contribution in [1.82, 2.24) is 20.1 Å². The van der Waals surface area contributed by atoms with E-state index in [4.69, 9.17) is 37.4 Å². The molecule has 1 aromatic carbocycles. The molecule has 0 saturated carbocycles. The third-order valence-corrected chi connectivity index (χ3v) is 6.83. The first-order valence-corrected chi connectivity index (χ1v) is 15.0. The predicted octanol–water partition coefficient (Wildman–Crippen LogP) is 4.78. The largest absolute Gasteiger partial charge is 0.488 e. The van der Waals surface area contributed by atoms with Crippen molar-refractivity contribution in [3.63, 3.8) is 0 Å². The van der Waals surface area contributed by atoms with Crippen LogP contribution in [0.1, 0.15) is 64.4 Å². The summed E-state index contributed by atoms with van der Waals surface area (Å²) < 4.78 is 18.6. The molecule has 0 aliphatic rings. The summed E-state index contributed by atoms with van der Waals surface area (Å²) in [6, 6.07) is 5.84. The lowest BCUT2D eigenvalue weighted by atomic mass is 10.0. The van der Waals surface area contributed by atoms with Crippen molar-refractivity contribution in [2.45, 2.75) is 77.7 Å². The first kappa shape index (κ1) is 36.0. The molecule has 0 aliphatic carbocycles. The average Bonchev–Trinajstić information content (AvgIpc) is 2.91. The molecule has 11 nitrogen and oxygen atoms in total. The lowest BCUT2D eigenvalue weighted by molar-refractivity contribution is -0.157. The quantitative estimate of drug-likeness (QED) is 0.262. The lowest BCUT2D eigenvalue weighted by Crippen LogP contribution is -2.45. The summed E-state index contributed by atoms with van der Waals surface area (Å²) in [4.78, 5) is 43.3. The molecule has 0 radical (unpaired) electrons. The normalized spacial score (nSPS) is 12.9. The van der Waals surface area contributed by atoms with Crippen LogP contribution >= 0.6 is 23.2 Å². The molecule has 0 spiro atoms. The zero-order chi connectivity index (χ0) is 33.7. The van der Waals surface area contributed by atoms with Crippen LogP contribution in [0.4, 0.5) is 0 Å². The number of ether oxygens (including phenoxy) is 3. The van der Waals surface area contributed by atoms with E-state index >= 15 is 0 Å². The highest BCUT2D eigenvalue weighted by Gasteiger charge is 2.29. The van der Waals surface area contributed by atoms with Crippen molar-refractivity contribution >= 4 is 35.1 Å². The Kier molecular flexibility index (Phi) is 11.4. The maximum absolute atomic E-state index is 13.2. The van der Waals surface area contributed by atoms with Gasteiger partial charge >= 0.3 is 5.97 Å². The number of amides is 1. The van der Waals surface area contributed by atoms with Crippen molar-refractivity contribution in [3.8, 4) is 16.9 Å². The minimum Gasteiger partial charge on any atom is -0.488 e. The number of hydrogen-bond acceptors (Lipinski definition) is 9. The molecular weight excluding hydrogens is 623 g/mol. The smallest absolute Gasteiger partial charge is 0.329 e. The van der Waals surface area contributed by atoms with Gasteiger partial charge in [0.05, 0.1) is 45.2 Å². The van der Waals surface area contributed by atoms with Crippen LogP contribution in [0.25, 0.3) is 11.1 Å². The zero-order valence-electron chi connectivity index (χ0n) is 26.7. The summed E-state index contributed by atoms with van der Waals surface area (Å²) in [5.74, 6) is -1.04. The molecule has 0 saturated heterocycles. The van der Waals surface area contributed by atoms with Crippen molar-refractivity contribution in [2.24, 2.45) is 7.05 Å². The molecule has 2 aromatic heterocycles. The second kappa shape index (κ2) is 14.3. The van der Waals surface area contributed by atoms with Gasteiger partial charge in [-0.2, -0.15) is 5.10 Å². The Balaban J connectivity index is 1.87. The number of nitrogens with one attached hydrogen (secondary N) is 1. The standard InChI is InChI=1S/C32H40Cl2N4O7/c1-30(2,3)45-29(41)23(37-27(39)26-21(33)14-35-15-22(26)34)13-19-9-11-20(12-10-19)25-24(16-36-38(8)28(25)40)43-18-32(6,7)44-17-31(4,5)42/h9-12,14-16,23,42H,13,17-18H2,1-8H3,(H,37,39). The molecule has 1 unspecified atom stereocenters. The molecule has 0 bridgehead atoms. The van der Waals surface area contributed by atoms with E-state index in [1.807, 2.05) is 13.8 Å². The van der Waals surface area contributed by atoms with E-state index in [-0.39, 0.29) is 52.1 Å². The van der Waals surface area contributed by atoms with E-state index in [1.54, 1.807) is 58.9 Å². The number of carbonyl (C=O) groups is 2. The molecule has 1 atom stereocenters. The van der Waals surface area contributed by atoms with E-state index in [0.717, 1.165) is 0 Å². The molecule has 3 aromatic rings. The molecule has 45 heavy (non-hydrogen) atoms. The third-order valence-electron chi connectivity index (χ3n) is 6.25. The van der Waals surface area contributed by atoms with Crippen LogP contribution in [-0.2, 0) is 27.7 Å². The minimum atomic E-state index is -1.08. The molecule has 0 fully saturated rings. The third kappa shape index (κ3) is 10.5. The summed E-state index contributed by atoms with van der Waals surface area (Å²) in [5.41, 5.74) is -1.45. The van der Waals surface area contributed by atoms with Crippen LogP contribution in [-0.4, -0.2) is 67.8 Å². The van der Waals surface area contributed by atoms with Crippen molar-refractivity contribution in [2.75, 3.05) is 13.2 Å². The monoisotopic (exact) mass is 662 g/mol. The Bertz CT molecular complexity index is 1560. The van der Waals surface area contributed by atoms with Gasteiger partial charge in [0.2, 0.25) is 0 Å². The number of pyridine rings is 1. The van der Waals surface area contributed by atoms with Gasteiger partial charge in [-0.1, -0.05) is 47.5 Å². The number of halogens is 2. The van der Waals surface area contributed by atoms with Crippen LogP contribution in [0.15, 0.2) is 47.7 Å². The fraction of sp³-hybridized carbons (Fsp3) is 0.469. The van der Waals surface area contributed by atoms with Crippen molar-refractivity contribution in [3.05, 3.63) is 74.4 Å². The van der Waals surface area contributed by atoms with E-state index in [9.17, 15) is 19.5 Å². The first-order valence-electron chi connectivity index (χ1n) is 14.2. The second-order valence-electron chi connectivity index (χ2n) is 12.9. The van der Waals surface area contributed by atoms with Crippen LogP contribution in [0, 0.1) is 0 Å². The van der Waals surface area contributed by atoms with Crippen LogP contribution in [0.5, 0.6) is 5.75 Å². The number of hydrogen-bond donors (Lipinski definition) is 2. The van der Waals surface area contributed by atoms with E-state index < -0.39 is 34.7 Å². The van der Waals surface area contributed by atoms with Crippen LogP contribution < -0.4 is 15.6 Å². The van der Waals surface area contributed by atoms with Gasteiger partial charge in [0.25, 0.3) is 11.5 Å². The van der Waals surface area contributed by atoms with E-state index in [0.29, 0.717) is 11.1 Å². The van der Waals surface area contributed by atoms with E-state index in [1.165, 1.54) is 30.3 Å². The summed E-state index contributed by atoms with van der Waals surface area (Å²) in [6.45, 7) is 12.3. The Morgan fingerprint density at radius 3 is 2.13 bits per heavy atom. The summed E-state index contributed by atoms with van der Waals surface area (Å²) >= 11 is 12.3. The zero-order valence-corrected chi connectivity index (χ0v) is 28.2. The van der Waals surface area contributed by atoms with Crippen LogP contribution in [0.3, 0.4) is 0 Å². The lowest BCUT2D eigenvalue weighted by Gasteiger charge is -2.29. The Hall–Kier alpha value is -3.51. The Morgan fingerprint density at radius 1 is 0.978 bits per heavy atom. The maximum atomic E-state index is 13.2. The molecule has 3 rings (SSSR count). The highest BCUT2D eigenvalue weighted by molar-refractivity contribution is 6.39. The number of aromatic nitrogens is 3. The fourth-order valence-electron chi connectivity index (χ4n) is 4.03.